The van der Waals surface area contributed by atoms with Crippen LogP contribution < -0.4 is 0 Å². The zero-order valence-corrected chi connectivity index (χ0v) is 12.4. The summed E-state index contributed by atoms with van der Waals surface area (Å²) in [5.74, 6) is -4.01. The second-order valence-electron chi connectivity index (χ2n) is 3.68. The van der Waals surface area contributed by atoms with Gasteiger partial charge in [-0.2, -0.15) is 0 Å². The van der Waals surface area contributed by atoms with E-state index < -0.39 is 35.6 Å². The van der Waals surface area contributed by atoms with Gasteiger partial charge in [0, 0.05) is 6.92 Å². The molecule has 10 heteroatoms. The fourth-order valence-corrected chi connectivity index (χ4v) is 0.939. The van der Waals surface area contributed by atoms with Gasteiger partial charge in [0.15, 0.2) is 5.76 Å². The Morgan fingerprint density at radius 3 is 1.70 bits per heavy atom. The van der Waals surface area contributed by atoms with Crippen molar-refractivity contribution in [2.45, 2.75) is 6.92 Å². The van der Waals surface area contributed by atoms with Crippen LogP contribution in [0.1, 0.15) is 6.92 Å². The van der Waals surface area contributed by atoms with E-state index >= 15 is 0 Å². The normalized spacial score (nSPS) is 9.26. The first-order valence-electron chi connectivity index (χ1n) is 6.13. The molecular weight excluding hydrogens is 316 g/mol. The number of carbonyl (C=O) groups is 4. The molecule has 0 unspecified atom stereocenters. The first kappa shape index (κ1) is 20.0. The van der Waals surface area contributed by atoms with Gasteiger partial charge in [0.25, 0.3) is 0 Å². The van der Waals surface area contributed by atoms with Gasteiger partial charge in [-0.25, -0.2) is 14.4 Å². The summed E-state index contributed by atoms with van der Waals surface area (Å²) in [6.07, 6.45) is -1.08. The Morgan fingerprint density at radius 2 is 1.26 bits per heavy atom. The lowest BCUT2D eigenvalue weighted by molar-refractivity contribution is -0.151. The van der Waals surface area contributed by atoms with Crippen LogP contribution in [-0.4, -0.2) is 55.6 Å². The highest BCUT2D eigenvalue weighted by Crippen LogP contribution is 1.98. The summed E-state index contributed by atoms with van der Waals surface area (Å²) in [5, 5.41) is 8.63. The molecular formula is C13H16O10. The molecule has 128 valence electrons. The molecule has 23 heavy (non-hydrogen) atoms. The van der Waals surface area contributed by atoms with E-state index in [-0.39, 0.29) is 26.4 Å². The van der Waals surface area contributed by atoms with Crippen molar-refractivity contribution in [1.82, 2.24) is 0 Å². The van der Waals surface area contributed by atoms with E-state index in [0.29, 0.717) is 0 Å². The van der Waals surface area contributed by atoms with E-state index in [2.05, 4.69) is 36.8 Å². The van der Waals surface area contributed by atoms with Gasteiger partial charge in [0.2, 0.25) is 5.76 Å². The van der Waals surface area contributed by atoms with Crippen LogP contribution in [0.4, 0.5) is 4.79 Å². The van der Waals surface area contributed by atoms with Crippen molar-refractivity contribution in [3.8, 4) is 0 Å². The summed E-state index contributed by atoms with van der Waals surface area (Å²) in [6, 6.07) is 0. The lowest BCUT2D eigenvalue weighted by Gasteiger charge is -2.08. The quantitative estimate of drug-likeness (QED) is 0.207. The molecule has 0 aromatic rings. The van der Waals surface area contributed by atoms with E-state index in [0.717, 1.165) is 6.92 Å². The summed E-state index contributed by atoms with van der Waals surface area (Å²) in [6.45, 7) is 5.96. The molecule has 0 rings (SSSR count). The second kappa shape index (κ2) is 10.7. The molecule has 0 amide bonds. The van der Waals surface area contributed by atoms with Crippen LogP contribution in [0.15, 0.2) is 24.7 Å². The van der Waals surface area contributed by atoms with Gasteiger partial charge in [-0.05, 0) is 13.2 Å². The minimum absolute atomic E-state index is 0.301. The summed E-state index contributed by atoms with van der Waals surface area (Å²) >= 11 is 0. The number of aliphatic hydroxyl groups is 1. The van der Waals surface area contributed by atoms with Gasteiger partial charge in [-0.15, -0.1) is 0 Å². The van der Waals surface area contributed by atoms with E-state index in [9.17, 15) is 19.2 Å². The predicted octanol–water partition coefficient (Wildman–Crippen LogP) is 0.375. The third-order valence-corrected chi connectivity index (χ3v) is 1.80. The van der Waals surface area contributed by atoms with Crippen molar-refractivity contribution in [3.05, 3.63) is 24.7 Å². The number of hydrogen-bond donors (Lipinski definition) is 1. The Kier molecular flexibility index (Phi) is 9.25. The third kappa shape index (κ3) is 10.3. The predicted molar refractivity (Wildman–Crippen MR) is 71.9 cm³/mol. The number of aliphatic hydroxyl groups excluding tert-OH is 1. The molecule has 0 aliphatic heterocycles. The molecule has 0 atom stereocenters. The number of rotatable bonds is 9. The number of carbonyl (C=O) groups excluding carboxylic acids is 4. The monoisotopic (exact) mass is 332 g/mol. The Balaban J connectivity index is 3.69. The van der Waals surface area contributed by atoms with Gasteiger partial charge in [0.1, 0.15) is 26.4 Å². The molecule has 0 saturated carbocycles. The fraction of sp³-hybridized carbons (Fsp3) is 0.385. The number of ether oxygens (including phenoxy) is 5. The van der Waals surface area contributed by atoms with Crippen LogP contribution in [0.5, 0.6) is 0 Å². The van der Waals surface area contributed by atoms with Crippen LogP contribution in [0.2, 0.25) is 0 Å². The average molecular weight is 332 g/mol. The maximum absolute atomic E-state index is 11.2. The zero-order valence-electron chi connectivity index (χ0n) is 12.4. The lowest BCUT2D eigenvalue weighted by atomic mass is 10.5. The molecule has 10 nitrogen and oxygen atoms in total. The standard InChI is InChI=1S/C13H16O10/c1-8(14)11(16)19-4-6-21-13(18)22-7-5-20-12(17)9(2)23-10(3)15/h14H,1-2,4-7H2,3H3. The van der Waals surface area contributed by atoms with E-state index in [4.69, 9.17) is 5.11 Å². The third-order valence-electron chi connectivity index (χ3n) is 1.80. The maximum Gasteiger partial charge on any atom is 0.508 e. The van der Waals surface area contributed by atoms with Crippen LogP contribution >= 0.6 is 0 Å². The van der Waals surface area contributed by atoms with E-state index in [1.165, 1.54) is 0 Å². The SMILES string of the molecule is C=C(O)C(=O)OCCOC(=O)OCCOC(=O)C(=C)OC(C)=O. The molecule has 0 radical (unpaired) electrons. The Hall–Kier alpha value is -3.04. The van der Waals surface area contributed by atoms with Gasteiger partial charge in [-0.3, -0.25) is 4.79 Å². The Morgan fingerprint density at radius 1 is 0.826 bits per heavy atom. The maximum atomic E-state index is 11.2. The van der Waals surface area contributed by atoms with Crippen molar-refractivity contribution in [2.75, 3.05) is 26.4 Å². The molecule has 0 aromatic carbocycles. The van der Waals surface area contributed by atoms with Crippen molar-refractivity contribution >= 4 is 24.1 Å². The van der Waals surface area contributed by atoms with Crippen LogP contribution in [-0.2, 0) is 38.1 Å². The minimum atomic E-state index is -1.08. The smallest absolute Gasteiger partial charge is 0.502 e. The van der Waals surface area contributed by atoms with Crippen molar-refractivity contribution < 1.29 is 48.0 Å². The van der Waals surface area contributed by atoms with Gasteiger partial charge < -0.3 is 28.8 Å². The number of hydrogen-bond acceptors (Lipinski definition) is 10. The molecule has 0 spiro atoms. The molecule has 0 aromatic heterocycles. The molecule has 0 heterocycles. The zero-order chi connectivity index (χ0) is 17.8. The largest absolute Gasteiger partial charge is 0.508 e. The van der Waals surface area contributed by atoms with Crippen molar-refractivity contribution in [1.29, 1.82) is 0 Å². The molecule has 0 aliphatic carbocycles. The second-order valence-corrected chi connectivity index (χ2v) is 3.68. The van der Waals surface area contributed by atoms with Crippen molar-refractivity contribution in [3.63, 3.8) is 0 Å². The molecule has 0 saturated heterocycles. The van der Waals surface area contributed by atoms with Gasteiger partial charge >= 0.3 is 24.1 Å². The average Bonchev–Trinajstić information content (AvgIpc) is 2.46. The highest BCUT2D eigenvalue weighted by atomic mass is 16.7. The first-order valence-corrected chi connectivity index (χ1v) is 6.13. The fourth-order valence-electron chi connectivity index (χ4n) is 0.939. The highest BCUT2D eigenvalue weighted by molar-refractivity contribution is 5.88. The number of esters is 3. The van der Waals surface area contributed by atoms with E-state index in [1.54, 1.807) is 0 Å². The Bertz CT molecular complexity index is 493. The molecule has 0 fully saturated rings. The van der Waals surface area contributed by atoms with Gasteiger partial charge in [0.05, 0.1) is 0 Å². The van der Waals surface area contributed by atoms with E-state index in [1.807, 2.05) is 0 Å². The van der Waals surface area contributed by atoms with Gasteiger partial charge in [-0.1, -0.05) is 0 Å². The summed E-state index contributed by atoms with van der Waals surface area (Å²) in [4.78, 5) is 43.6. The van der Waals surface area contributed by atoms with Crippen LogP contribution in [0.3, 0.4) is 0 Å². The minimum Gasteiger partial charge on any atom is -0.502 e. The molecule has 0 aliphatic rings. The van der Waals surface area contributed by atoms with Crippen LogP contribution in [0.25, 0.3) is 0 Å². The van der Waals surface area contributed by atoms with Crippen LogP contribution in [0, 0.1) is 0 Å². The lowest BCUT2D eigenvalue weighted by Crippen LogP contribution is -2.19. The summed E-state index contributed by atoms with van der Waals surface area (Å²) < 4.78 is 22.4. The first-order chi connectivity index (χ1) is 10.7. The molecule has 0 bridgehead atoms. The van der Waals surface area contributed by atoms with Crippen molar-refractivity contribution in [2.24, 2.45) is 0 Å². The highest BCUT2D eigenvalue weighted by Gasteiger charge is 2.13. The summed E-state index contributed by atoms with van der Waals surface area (Å²) in [5.41, 5.74) is 0. The Labute approximate surface area is 131 Å². The topological polar surface area (TPSA) is 135 Å². The molecule has 1 N–H and O–H groups in total. The summed E-state index contributed by atoms with van der Waals surface area (Å²) in [7, 11) is 0.